The highest BCUT2D eigenvalue weighted by Gasteiger charge is 2.53. The number of halogens is 3. The molecule has 11 nitrogen and oxygen atoms in total. The van der Waals surface area contributed by atoms with E-state index in [2.05, 4.69) is 25.6 Å². The number of amides is 1. The summed E-state index contributed by atoms with van der Waals surface area (Å²) in [6.45, 7) is 0.416. The molecule has 0 radical (unpaired) electrons. The van der Waals surface area contributed by atoms with Crippen molar-refractivity contribution >= 4 is 17.5 Å². The fourth-order valence-electron chi connectivity index (χ4n) is 5.15. The van der Waals surface area contributed by atoms with E-state index in [-0.39, 0.29) is 31.2 Å². The first-order valence-electron chi connectivity index (χ1n) is 14.9. The van der Waals surface area contributed by atoms with Gasteiger partial charge in [-0.05, 0) is 58.6 Å². The number of ether oxygens (including phenoxy) is 3. The summed E-state index contributed by atoms with van der Waals surface area (Å²) >= 11 is 0. The number of nitrogens with zero attached hydrogens (tertiary/aromatic N) is 4. The van der Waals surface area contributed by atoms with Crippen LogP contribution in [0.4, 0.5) is 18.9 Å². The first-order valence-corrected chi connectivity index (χ1v) is 14.9. The first kappa shape index (κ1) is 33.8. The van der Waals surface area contributed by atoms with Crippen molar-refractivity contribution in [2.24, 2.45) is 10.1 Å². The third-order valence-corrected chi connectivity index (χ3v) is 7.39. The molecule has 1 heterocycles. The van der Waals surface area contributed by atoms with Crippen LogP contribution in [0.1, 0.15) is 34.8 Å². The maximum Gasteiger partial charge on any atom is 0.573 e. The van der Waals surface area contributed by atoms with Crippen molar-refractivity contribution in [1.29, 1.82) is 0 Å². The molecule has 48 heavy (non-hydrogen) atoms. The Hall–Kier alpha value is -5.56. The van der Waals surface area contributed by atoms with E-state index in [1.54, 1.807) is 48.5 Å². The molecule has 4 aromatic rings. The summed E-state index contributed by atoms with van der Waals surface area (Å²) in [7, 11) is 0. The molecule has 3 N–H and O–H groups in total. The molecule has 14 heteroatoms. The van der Waals surface area contributed by atoms with Gasteiger partial charge in [-0.25, -0.2) is 10.4 Å². The number of azide groups is 1. The van der Waals surface area contributed by atoms with E-state index >= 15 is 0 Å². The number of aliphatic hydroxyl groups excluding tert-OH is 1. The monoisotopic (exact) mass is 660 g/mol. The predicted octanol–water partition coefficient (Wildman–Crippen LogP) is 6.61. The van der Waals surface area contributed by atoms with E-state index in [0.29, 0.717) is 46.7 Å². The van der Waals surface area contributed by atoms with E-state index in [0.717, 1.165) is 0 Å². The fourth-order valence-corrected chi connectivity index (χ4v) is 5.15. The third-order valence-electron chi connectivity index (χ3n) is 7.39. The molecule has 0 bridgehead atoms. The normalized spacial score (nSPS) is 17.1. The minimum absolute atomic E-state index is 0.00855. The van der Waals surface area contributed by atoms with Gasteiger partial charge in [0.1, 0.15) is 11.5 Å². The molecule has 0 spiro atoms. The first-order chi connectivity index (χ1) is 23.2. The molecule has 4 aromatic carbocycles. The molecule has 1 aliphatic rings. The van der Waals surface area contributed by atoms with Crippen LogP contribution < -0.4 is 20.3 Å². The van der Waals surface area contributed by atoms with Gasteiger partial charge in [-0.1, -0.05) is 71.8 Å². The second kappa shape index (κ2) is 15.4. The Morgan fingerprint density at radius 1 is 0.979 bits per heavy atom. The zero-order valence-electron chi connectivity index (χ0n) is 25.4. The summed E-state index contributed by atoms with van der Waals surface area (Å²) < 4.78 is 53.8. The number of alkyl halides is 3. The highest BCUT2D eigenvalue weighted by Crippen LogP contribution is 2.43. The van der Waals surface area contributed by atoms with Crippen LogP contribution in [-0.4, -0.2) is 42.0 Å². The Morgan fingerprint density at radius 2 is 1.67 bits per heavy atom. The quantitative estimate of drug-likeness (QED) is 0.0456. The van der Waals surface area contributed by atoms with Crippen LogP contribution in [0.5, 0.6) is 11.5 Å². The number of rotatable bonds is 14. The molecule has 1 amide bonds. The number of hydrogen-bond donors (Lipinski definition) is 3. The Labute approximate surface area is 273 Å². The number of carbonyl (C=O) groups is 1. The third kappa shape index (κ3) is 8.42. The van der Waals surface area contributed by atoms with Crippen LogP contribution in [0.2, 0.25) is 0 Å². The maximum absolute atomic E-state index is 14.4. The lowest BCUT2D eigenvalue weighted by Gasteiger charge is -2.31. The lowest BCUT2D eigenvalue weighted by atomic mass is 9.81. The second-order valence-corrected chi connectivity index (χ2v) is 10.7. The van der Waals surface area contributed by atoms with Gasteiger partial charge in [0.05, 0.1) is 6.61 Å². The van der Waals surface area contributed by atoms with Crippen LogP contribution >= 0.6 is 0 Å². The smallest absolute Gasteiger partial charge is 0.494 e. The Kier molecular flexibility index (Phi) is 10.8. The molecular weight excluding hydrogens is 629 g/mol. The topological polar surface area (TPSA) is 150 Å². The molecule has 248 valence electrons. The maximum atomic E-state index is 14.4. The number of nitrogens with one attached hydrogen (secondary N) is 2. The van der Waals surface area contributed by atoms with Crippen LogP contribution in [0.25, 0.3) is 10.4 Å². The predicted molar refractivity (Wildman–Crippen MR) is 170 cm³/mol. The second-order valence-electron chi connectivity index (χ2n) is 10.7. The Morgan fingerprint density at radius 3 is 2.35 bits per heavy atom. The summed E-state index contributed by atoms with van der Waals surface area (Å²) in [5.74, 6) is -0.154. The number of aliphatic imine (C=N–C) groups is 1. The number of benzene rings is 4. The SMILES string of the molecule is [N-]=[N+]=Nc1ccccc1C[C@]1(C(=O)NNCc2ccc(OC(F)(F)F)cc2)N=C(c2ccc(OCCCO)cc2)O[C@H]1c1ccccc1. The molecule has 2 atom stereocenters. The van der Waals surface area contributed by atoms with E-state index in [1.807, 2.05) is 30.3 Å². The molecule has 0 aromatic heterocycles. The van der Waals surface area contributed by atoms with Crippen LogP contribution in [-0.2, 0) is 22.5 Å². The van der Waals surface area contributed by atoms with Crippen LogP contribution in [0.3, 0.4) is 0 Å². The van der Waals surface area contributed by atoms with Crippen molar-refractivity contribution in [3.63, 3.8) is 0 Å². The van der Waals surface area contributed by atoms with Gasteiger partial charge in [-0.15, -0.1) is 13.2 Å². The van der Waals surface area contributed by atoms with Gasteiger partial charge >= 0.3 is 6.36 Å². The van der Waals surface area contributed by atoms with Gasteiger partial charge < -0.3 is 19.3 Å². The van der Waals surface area contributed by atoms with Gasteiger partial charge in [0, 0.05) is 42.2 Å². The fraction of sp³-hybridized carbons (Fsp3) is 0.235. The number of hydrazine groups is 1. The average Bonchev–Trinajstić information content (AvgIpc) is 3.47. The van der Waals surface area contributed by atoms with Gasteiger partial charge in [-0.3, -0.25) is 10.2 Å². The number of hydrogen-bond acceptors (Lipinski definition) is 8. The lowest BCUT2D eigenvalue weighted by molar-refractivity contribution is -0.274. The van der Waals surface area contributed by atoms with Crippen molar-refractivity contribution in [3.05, 3.63) is 136 Å². The largest absolute Gasteiger partial charge is 0.573 e. The molecule has 0 saturated heterocycles. The highest BCUT2D eigenvalue weighted by atomic mass is 19.4. The summed E-state index contributed by atoms with van der Waals surface area (Å²) in [5, 5.41) is 12.9. The van der Waals surface area contributed by atoms with Crippen molar-refractivity contribution in [2.75, 3.05) is 13.2 Å². The van der Waals surface area contributed by atoms with Crippen molar-refractivity contribution in [1.82, 2.24) is 10.9 Å². The van der Waals surface area contributed by atoms with Crippen molar-refractivity contribution in [3.8, 4) is 11.5 Å². The number of carbonyl (C=O) groups excluding carboxylic acids is 1. The number of aliphatic hydroxyl groups is 1. The Bertz CT molecular complexity index is 1770. The summed E-state index contributed by atoms with van der Waals surface area (Å²) in [6, 6.07) is 28.2. The van der Waals surface area contributed by atoms with E-state index in [1.165, 1.54) is 24.3 Å². The van der Waals surface area contributed by atoms with Crippen LogP contribution in [0.15, 0.2) is 113 Å². The molecular formula is C34H31F3N6O5. The minimum atomic E-state index is -4.81. The lowest BCUT2D eigenvalue weighted by Crippen LogP contribution is -2.53. The molecule has 5 rings (SSSR count). The molecule has 0 aliphatic carbocycles. The summed E-state index contributed by atoms with van der Waals surface area (Å²) in [6.07, 6.45) is -5.27. The summed E-state index contributed by atoms with van der Waals surface area (Å²) in [4.78, 5) is 22.2. The van der Waals surface area contributed by atoms with E-state index < -0.39 is 23.9 Å². The highest BCUT2D eigenvalue weighted by molar-refractivity contribution is 6.01. The molecule has 0 saturated carbocycles. The van der Waals surface area contributed by atoms with E-state index in [4.69, 9.17) is 19.6 Å². The molecule has 0 fully saturated rings. The van der Waals surface area contributed by atoms with Gasteiger partial charge in [0.2, 0.25) is 5.90 Å². The average molecular weight is 661 g/mol. The zero-order chi connectivity index (χ0) is 34.0. The van der Waals surface area contributed by atoms with Crippen LogP contribution in [0, 0.1) is 0 Å². The van der Waals surface area contributed by atoms with Gasteiger partial charge in [-0.2, -0.15) is 0 Å². The zero-order valence-corrected chi connectivity index (χ0v) is 25.4. The van der Waals surface area contributed by atoms with E-state index in [9.17, 15) is 23.5 Å². The van der Waals surface area contributed by atoms with Crippen molar-refractivity contribution in [2.45, 2.75) is 37.4 Å². The standard InChI is InChI=1S/C34H31F3N6O5/c35-34(36,37)48-28-15-11-23(12-16-28)22-39-42-32(45)33(21-26-9-4-5-10-29(26)41-43-38)30(24-7-2-1-3-8-24)47-31(40-33)25-13-17-27(18-14-25)46-20-6-19-44/h1-5,7-18,30,39,44H,6,19-22H2,(H,42,45)/t30-,33-/m0/s1. The van der Waals surface area contributed by atoms with Gasteiger partial charge in [0.25, 0.3) is 5.91 Å². The molecule has 1 aliphatic heterocycles. The molecule has 0 unspecified atom stereocenters. The Balaban J connectivity index is 1.48. The van der Waals surface area contributed by atoms with Crippen molar-refractivity contribution < 1.29 is 37.3 Å². The minimum Gasteiger partial charge on any atom is -0.494 e. The summed E-state index contributed by atoms with van der Waals surface area (Å²) in [5.41, 5.74) is 15.8. The van der Waals surface area contributed by atoms with Gasteiger partial charge in [0.15, 0.2) is 11.6 Å².